The molecule has 0 saturated heterocycles. The van der Waals surface area contributed by atoms with E-state index in [1.54, 1.807) is 6.92 Å². The van der Waals surface area contributed by atoms with Crippen molar-refractivity contribution >= 4 is 5.97 Å². The summed E-state index contributed by atoms with van der Waals surface area (Å²) in [7, 11) is 0. The molecule has 0 heterocycles. The molecule has 0 amide bonds. The Morgan fingerprint density at radius 3 is 2.45 bits per heavy atom. The van der Waals surface area contributed by atoms with Crippen molar-refractivity contribution in [2.24, 2.45) is 0 Å². The molecule has 4 heteroatoms. The van der Waals surface area contributed by atoms with E-state index >= 15 is 0 Å². The van der Waals surface area contributed by atoms with Gasteiger partial charge in [-0.1, -0.05) is 17.2 Å². The van der Waals surface area contributed by atoms with E-state index in [9.17, 15) is 15.0 Å². The molecule has 0 aliphatic rings. The first-order chi connectivity index (χ1) is 10.3. The van der Waals surface area contributed by atoms with Gasteiger partial charge >= 0.3 is 5.97 Å². The van der Waals surface area contributed by atoms with Gasteiger partial charge in [-0.15, -0.1) is 0 Å². The highest BCUT2D eigenvalue weighted by Crippen LogP contribution is 2.27. The Bertz CT molecular complexity index is 570. The SMILES string of the molecule is CC(C)=CCC/C(C)=C/COC(=O)c1c(C)cc(O)cc1O. The lowest BCUT2D eigenvalue weighted by molar-refractivity contribution is 0.0544. The van der Waals surface area contributed by atoms with E-state index in [2.05, 4.69) is 19.9 Å². The fourth-order valence-electron chi connectivity index (χ4n) is 2.04. The van der Waals surface area contributed by atoms with E-state index in [-0.39, 0.29) is 23.7 Å². The van der Waals surface area contributed by atoms with Crippen molar-refractivity contribution in [3.05, 3.63) is 46.6 Å². The summed E-state index contributed by atoms with van der Waals surface area (Å²) in [6.07, 6.45) is 5.92. The van der Waals surface area contributed by atoms with E-state index in [4.69, 9.17) is 4.74 Å². The molecule has 0 bridgehead atoms. The first kappa shape index (κ1) is 17.8. The molecule has 0 aromatic heterocycles. The normalized spacial score (nSPS) is 11.2. The van der Waals surface area contributed by atoms with Gasteiger partial charge in [0.25, 0.3) is 0 Å². The van der Waals surface area contributed by atoms with E-state index in [0.29, 0.717) is 5.56 Å². The number of allylic oxidation sites excluding steroid dienone is 3. The van der Waals surface area contributed by atoms with Crippen LogP contribution in [0.25, 0.3) is 0 Å². The van der Waals surface area contributed by atoms with Crippen molar-refractivity contribution in [1.29, 1.82) is 0 Å². The van der Waals surface area contributed by atoms with Crippen LogP contribution in [0.4, 0.5) is 0 Å². The first-order valence-electron chi connectivity index (χ1n) is 7.30. The van der Waals surface area contributed by atoms with Crippen molar-refractivity contribution in [3.63, 3.8) is 0 Å². The Morgan fingerprint density at radius 2 is 1.86 bits per heavy atom. The lowest BCUT2D eigenvalue weighted by Gasteiger charge is -2.08. The largest absolute Gasteiger partial charge is 0.508 e. The van der Waals surface area contributed by atoms with E-state index < -0.39 is 5.97 Å². The second kappa shape index (κ2) is 8.27. The maximum Gasteiger partial charge on any atom is 0.342 e. The molecule has 120 valence electrons. The van der Waals surface area contributed by atoms with Crippen molar-refractivity contribution in [2.45, 2.75) is 40.5 Å². The van der Waals surface area contributed by atoms with Gasteiger partial charge < -0.3 is 14.9 Å². The molecule has 0 unspecified atom stereocenters. The number of aromatic hydroxyl groups is 2. The molecule has 4 nitrogen and oxygen atoms in total. The van der Waals surface area contributed by atoms with Crippen LogP contribution in [0, 0.1) is 6.92 Å². The number of hydrogen-bond acceptors (Lipinski definition) is 4. The van der Waals surface area contributed by atoms with Crippen molar-refractivity contribution in [3.8, 4) is 11.5 Å². The third-order valence-electron chi connectivity index (χ3n) is 3.24. The van der Waals surface area contributed by atoms with E-state index in [0.717, 1.165) is 24.5 Å². The topological polar surface area (TPSA) is 66.8 Å². The number of carbonyl (C=O) groups excluding carboxylic acids is 1. The Kier molecular flexibility index (Phi) is 6.70. The van der Waals surface area contributed by atoms with E-state index in [1.807, 2.05) is 13.0 Å². The number of carbonyl (C=O) groups is 1. The molecule has 0 fully saturated rings. The molecule has 1 aromatic rings. The van der Waals surface area contributed by atoms with Gasteiger partial charge in [0.2, 0.25) is 0 Å². The number of esters is 1. The zero-order valence-electron chi connectivity index (χ0n) is 13.6. The lowest BCUT2D eigenvalue weighted by Crippen LogP contribution is -2.07. The standard InChI is InChI=1S/C18H24O4/c1-12(2)6-5-7-13(3)8-9-22-18(21)17-14(4)10-15(19)11-16(17)20/h6,8,10-11,19-20H,5,7,9H2,1-4H3/b13-8+. The van der Waals surface area contributed by atoms with Crippen LogP contribution < -0.4 is 0 Å². The number of hydrogen-bond donors (Lipinski definition) is 2. The molecular formula is C18H24O4. The molecule has 0 spiro atoms. The van der Waals surface area contributed by atoms with Crippen molar-refractivity contribution in [1.82, 2.24) is 0 Å². The zero-order chi connectivity index (χ0) is 16.7. The second-order valence-corrected chi connectivity index (χ2v) is 5.63. The maximum absolute atomic E-state index is 12.0. The fraction of sp³-hybridized carbons (Fsp3) is 0.389. The predicted molar refractivity (Wildman–Crippen MR) is 87.2 cm³/mol. The molecular weight excluding hydrogens is 280 g/mol. The number of phenolic OH excluding ortho intramolecular Hbond substituents is 2. The highest BCUT2D eigenvalue weighted by Gasteiger charge is 2.16. The van der Waals surface area contributed by atoms with Crippen molar-refractivity contribution < 1.29 is 19.7 Å². The quantitative estimate of drug-likeness (QED) is 0.609. The average Bonchev–Trinajstić information content (AvgIpc) is 2.36. The molecule has 0 saturated carbocycles. The van der Waals surface area contributed by atoms with Gasteiger partial charge in [0.15, 0.2) is 0 Å². The minimum atomic E-state index is -0.594. The highest BCUT2D eigenvalue weighted by molar-refractivity contribution is 5.94. The number of benzene rings is 1. The fourth-order valence-corrected chi connectivity index (χ4v) is 2.04. The Morgan fingerprint density at radius 1 is 1.18 bits per heavy atom. The molecule has 0 radical (unpaired) electrons. The van der Waals surface area contributed by atoms with Gasteiger partial charge in [0.05, 0.1) is 0 Å². The highest BCUT2D eigenvalue weighted by atomic mass is 16.5. The number of rotatable bonds is 6. The second-order valence-electron chi connectivity index (χ2n) is 5.63. The molecule has 1 rings (SSSR count). The Hall–Kier alpha value is -2.23. The number of aryl methyl sites for hydroxylation is 1. The molecule has 22 heavy (non-hydrogen) atoms. The van der Waals surface area contributed by atoms with Crippen LogP contribution in [0.2, 0.25) is 0 Å². The number of ether oxygens (including phenoxy) is 1. The molecule has 0 aliphatic heterocycles. The third-order valence-corrected chi connectivity index (χ3v) is 3.24. The van der Waals surface area contributed by atoms with Crippen LogP contribution >= 0.6 is 0 Å². The van der Waals surface area contributed by atoms with Crippen LogP contribution in [0.1, 0.15) is 49.5 Å². The summed E-state index contributed by atoms with van der Waals surface area (Å²) in [6.45, 7) is 7.92. The summed E-state index contributed by atoms with van der Waals surface area (Å²) in [4.78, 5) is 12.0. The van der Waals surface area contributed by atoms with Crippen molar-refractivity contribution in [2.75, 3.05) is 6.61 Å². The molecule has 0 aliphatic carbocycles. The van der Waals surface area contributed by atoms with Gasteiger partial charge in [-0.3, -0.25) is 0 Å². The summed E-state index contributed by atoms with van der Waals surface area (Å²) < 4.78 is 5.16. The predicted octanol–water partition coefficient (Wildman–Crippen LogP) is 4.26. The van der Waals surface area contributed by atoms with Crippen LogP contribution in [0.5, 0.6) is 11.5 Å². The van der Waals surface area contributed by atoms with Gasteiger partial charge in [0, 0.05) is 6.07 Å². The lowest BCUT2D eigenvalue weighted by atomic mass is 10.1. The Labute approximate surface area is 131 Å². The van der Waals surface area contributed by atoms with Gasteiger partial charge in [-0.2, -0.15) is 0 Å². The van der Waals surface area contributed by atoms with Gasteiger partial charge in [-0.25, -0.2) is 4.79 Å². The van der Waals surface area contributed by atoms with Crippen LogP contribution in [-0.2, 0) is 4.74 Å². The zero-order valence-corrected chi connectivity index (χ0v) is 13.6. The minimum absolute atomic E-state index is 0.0819. The molecule has 1 aromatic carbocycles. The number of phenols is 2. The summed E-state index contributed by atoms with van der Waals surface area (Å²) in [5.41, 5.74) is 3.01. The summed E-state index contributed by atoms with van der Waals surface area (Å²) in [6, 6.07) is 2.54. The van der Waals surface area contributed by atoms with E-state index in [1.165, 1.54) is 11.6 Å². The van der Waals surface area contributed by atoms with Gasteiger partial charge in [0.1, 0.15) is 23.7 Å². The summed E-state index contributed by atoms with van der Waals surface area (Å²) in [5, 5.41) is 19.1. The summed E-state index contributed by atoms with van der Waals surface area (Å²) >= 11 is 0. The minimum Gasteiger partial charge on any atom is -0.508 e. The third kappa shape index (κ3) is 5.64. The molecule has 0 atom stereocenters. The van der Waals surface area contributed by atoms with Crippen LogP contribution in [0.15, 0.2) is 35.4 Å². The van der Waals surface area contributed by atoms with Crippen LogP contribution in [0.3, 0.4) is 0 Å². The molecule has 2 N–H and O–H groups in total. The maximum atomic E-state index is 12.0. The average molecular weight is 304 g/mol. The monoisotopic (exact) mass is 304 g/mol. The van der Waals surface area contributed by atoms with Gasteiger partial charge in [-0.05, 0) is 58.2 Å². The van der Waals surface area contributed by atoms with Crippen LogP contribution in [-0.4, -0.2) is 22.8 Å². The smallest absolute Gasteiger partial charge is 0.342 e. The summed E-state index contributed by atoms with van der Waals surface area (Å²) in [5.74, 6) is -0.948. The Balaban J connectivity index is 2.58. The first-order valence-corrected chi connectivity index (χ1v) is 7.30.